The first kappa shape index (κ1) is 15.2. The van der Waals surface area contributed by atoms with E-state index in [9.17, 15) is 4.79 Å². The fourth-order valence-corrected chi connectivity index (χ4v) is 1.46. The fourth-order valence-electron chi connectivity index (χ4n) is 1.46. The van der Waals surface area contributed by atoms with Gasteiger partial charge in [-0.25, -0.2) is 0 Å². The lowest BCUT2D eigenvalue weighted by Gasteiger charge is -2.07. The van der Waals surface area contributed by atoms with Gasteiger partial charge >= 0.3 is 0 Å². The number of hydrogen-bond donors (Lipinski definition) is 4. The van der Waals surface area contributed by atoms with Crippen LogP contribution in [-0.2, 0) is 4.79 Å². The Morgan fingerprint density at radius 1 is 1.35 bits per heavy atom. The number of nitrogens with two attached hydrogens (primary N) is 2. The molecule has 0 amide bonds. The maximum atomic E-state index is 10.8. The molecule has 0 heterocycles. The number of aldehydes is 1. The number of para-hydroxylation sites is 1. The number of nitrogens with one attached hydrogen (secondary N) is 2. The minimum Gasteiger partial charge on any atom is -0.399 e. The lowest BCUT2D eigenvalue weighted by molar-refractivity contribution is -0.104. The summed E-state index contributed by atoms with van der Waals surface area (Å²) in [7, 11) is 0. The number of anilines is 1. The van der Waals surface area contributed by atoms with Crippen LogP contribution >= 0.6 is 0 Å². The summed E-state index contributed by atoms with van der Waals surface area (Å²) in [6.45, 7) is 3.77. The molecule has 0 aliphatic rings. The van der Waals surface area contributed by atoms with Crippen molar-refractivity contribution in [2.45, 2.75) is 0 Å². The topological polar surface area (TPSA) is 105 Å². The molecule has 5 nitrogen and oxygen atoms in total. The number of carbonyl (C=O) groups excluding carboxylic acids is 1. The summed E-state index contributed by atoms with van der Waals surface area (Å²) in [5.74, 6) is 0. The summed E-state index contributed by atoms with van der Waals surface area (Å²) in [5.41, 5.74) is 13.5. The molecule has 0 saturated heterocycles. The van der Waals surface area contributed by atoms with E-state index in [1.54, 1.807) is 18.2 Å². The smallest absolute Gasteiger partial charge is 0.151 e. The molecule has 0 saturated carbocycles. The van der Waals surface area contributed by atoms with Gasteiger partial charge in [-0.3, -0.25) is 4.79 Å². The lowest BCUT2D eigenvalue weighted by atomic mass is 10.1. The van der Waals surface area contributed by atoms with Crippen molar-refractivity contribution < 1.29 is 4.79 Å². The van der Waals surface area contributed by atoms with Crippen LogP contribution in [0.2, 0.25) is 0 Å². The van der Waals surface area contributed by atoms with Gasteiger partial charge in [0.25, 0.3) is 0 Å². The predicted octanol–water partition coefficient (Wildman–Crippen LogP) is 1.34. The van der Waals surface area contributed by atoms with Crippen LogP contribution in [0, 0.1) is 5.41 Å². The monoisotopic (exact) mass is 270 g/mol. The molecule has 104 valence electrons. The first-order valence-corrected chi connectivity index (χ1v) is 5.98. The largest absolute Gasteiger partial charge is 0.399 e. The standard InChI is InChI=1S/C15H18N4O/c1-11(16)6-7-12(10-20)8-19-9-15(18)13-4-2-3-5-14(13)17/h2-8,10,18-19H,1,9,16-17H2/b7-6-,12-8+,18-15?. The number of nitrogen functional groups attached to an aromatic ring is 1. The van der Waals surface area contributed by atoms with E-state index in [1.807, 2.05) is 12.1 Å². The molecule has 0 radical (unpaired) electrons. The van der Waals surface area contributed by atoms with Gasteiger partial charge in [0.15, 0.2) is 6.29 Å². The number of benzene rings is 1. The van der Waals surface area contributed by atoms with Gasteiger partial charge in [-0.2, -0.15) is 0 Å². The highest BCUT2D eigenvalue weighted by Crippen LogP contribution is 2.10. The van der Waals surface area contributed by atoms with Crippen LogP contribution in [0.4, 0.5) is 5.69 Å². The first-order chi connectivity index (χ1) is 9.54. The van der Waals surface area contributed by atoms with E-state index in [-0.39, 0.29) is 6.54 Å². The summed E-state index contributed by atoms with van der Waals surface area (Å²) < 4.78 is 0. The highest BCUT2D eigenvalue weighted by molar-refractivity contribution is 6.03. The zero-order valence-corrected chi connectivity index (χ0v) is 11.1. The van der Waals surface area contributed by atoms with E-state index >= 15 is 0 Å². The fraction of sp³-hybridized carbons (Fsp3) is 0.0667. The van der Waals surface area contributed by atoms with E-state index < -0.39 is 0 Å². The Kier molecular flexibility index (Phi) is 5.77. The van der Waals surface area contributed by atoms with Gasteiger partial charge in [-0.05, 0) is 18.2 Å². The van der Waals surface area contributed by atoms with Crippen molar-refractivity contribution >= 4 is 17.7 Å². The molecule has 1 aromatic carbocycles. The average molecular weight is 270 g/mol. The Bertz CT molecular complexity index is 573. The third kappa shape index (κ3) is 4.81. The molecular weight excluding hydrogens is 252 g/mol. The summed E-state index contributed by atoms with van der Waals surface area (Å²) in [5, 5.41) is 10.8. The van der Waals surface area contributed by atoms with Crippen molar-refractivity contribution in [1.82, 2.24) is 5.32 Å². The molecule has 0 aromatic heterocycles. The Morgan fingerprint density at radius 2 is 2.05 bits per heavy atom. The van der Waals surface area contributed by atoms with Crippen molar-refractivity contribution in [2.75, 3.05) is 12.3 Å². The van der Waals surface area contributed by atoms with Crippen LogP contribution in [0.25, 0.3) is 0 Å². The SMILES string of the molecule is C=C(N)/C=C\C(C=O)=C/NCC(=N)c1ccccc1N. The molecule has 0 aliphatic heterocycles. The molecule has 5 heteroatoms. The molecular formula is C15H18N4O. The highest BCUT2D eigenvalue weighted by Gasteiger charge is 2.03. The summed E-state index contributed by atoms with van der Waals surface area (Å²) in [6.07, 6.45) is 5.28. The molecule has 0 bridgehead atoms. The van der Waals surface area contributed by atoms with Gasteiger partial charge in [0.05, 0.1) is 12.3 Å². The van der Waals surface area contributed by atoms with Crippen LogP contribution in [0.15, 0.2) is 60.5 Å². The molecule has 0 spiro atoms. The molecule has 20 heavy (non-hydrogen) atoms. The second-order valence-corrected chi connectivity index (χ2v) is 4.12. The van der Waals surface area contributed by atoms with E-state index in [0.29, 0.717) is 34.5 Å². The Morgan fingerprint density at radius 3 is 2.65 bits per heavy atom. The molecule has 6 N–H and O–H groups in total. The van der Waals surface area contributed by atoms with Crippen molar-refractivity contribution in [1.29, 1.82) is 5.41 Å². The van der Waals surface area contributed by atoms with Crippen LogP contribution in [0.1, 0.15) is 5.56 Å². The predicted molar refractivity (Wildman–Crippen MR) is 82.3 cm³/mol. The number of hydrogen-bond acceptors (Lipinski definition) is 5. The second kappa shape index (κ2) is 7.58. The molecule has 0 fully saturated rings. The number of rotatable bonds is 7. The molecule has 0 atom stereocenters. The van der Waals surface area contributed by atoms with Gasteiger partial charge in [0, 0.05) is 28.7 Å². The van der Waals surface area contributed by atoms with Crippen LogP contribution < -0.4 is 16.8 Å². The summed E-state index contributed by atoms with van der Waals surface area (Å²) >= 11 is 0. The minimum atomic E-state index is 0.267. The Balaban J connectivity index is 2.63. The maximum Gasteiger partial charge on any atom is 0.151 e. The lowest BCUT2D eigenvalue weighted by Crippen LogP contribution is -2.19. The quantitative estimate of drug-likeness (QED) is 0.197. The first-order valence-electron chi connectivity index (χ1n) is 5.98. The average Bonchev–Trinajstić information content (AvgIpc) is 2.42. The van der Waals surface area contributed by atoms with Gasteiger partial charge in [0.1, 0.15) is 0 Å². The van der Waals surface area contributed by atoms with E-state index in [0.717, 1.165) is 0 Å². The second-order valence-electron chi connectivity index (χ2n) is 4.12. The summed E-state index contributed by atoms with van der Waals surface area (Å²) in [6, 6.07) is 7.16. The Labute approximate surface area is 118 Å². The Hall–Kier alpha value is -2.82. The van der Waals surface area contributed by atoms with Crippen LogP contribution in [0.5, 0.6) is 0 Å². The molecule has 1 rings (SSSR count). The minimum absolute atomic E-state index is 0.267. The van der Waals surface area contributed by atoms with Crippen molar-refractivity contribution in [2.24, 2.45) is 5.73 Å². The zero-order chi connectivity index (χ0) is 15.0. The zero-order valence-electron chi connectivity index (χ0n) is 11.1. The number of allylic oxidation sites excluding steroid dienone is 3. The normalized spacial score (nSPS) is 11.3. The van der Waals surface area contributed by atoms with Crippen LogP contribution in [0.3, 0.4) is 0 Å². The van der Waals surface area contributed by atoms with E-state index in [1.165, 1.54) is 12.3 Å². The maximum absolute atomic E-state index is 10.8. The van der Waals surface area contributed by atoms with Gasteiger partial charge in [0.2, 0.25) is 0 Å². The number of carbonyl (C=O) groups is 1. The van der Waals surface area contributed by atoms with E-state index in [2.05, 4.69) is 11.9 Å². The van der Waals surface area contributed by atoms with Gasteiger partial charge in [-0.1, -0.05) is 24.8 Å². The molecule has 1 aromatic rings. The van der Waals surface area contributed by atoms with E-state index in [4.69, 9.17) is 16.9 Å². The van der Waals surface area contributed by atoms with Crippen molar-refractivity contribution in [3.63, 3.8) is 0 Å². The summed E-state index contributed by atoms with van der Waals surface area (Å²) in [4.78, 5) is 10.8. The van der Waals surface area contributed by atoms with Crippen molar-refractivity contribution in [3.8, 4) is 0 Å². The van der Waals surface area contributed by atoms with Crippen molar-refractivity contribution in [3.05, 3.63) is 66.0 Å². The van der Waals surface area contributed by atoms with Crippen LogP contribution in [-0.4, -0.2) is 18.5 Å². The third-order valence-corrected chi connectivity index (χ3v) is 2.46. The third-order valence-electron chi connectivity index (χ3n) is 2.46. The molecule has 0 aliphatic carbocycles. The molecule has 0 unspecified atom stereocenters. The van der Waals surface area contributed by atoms with Gasteiger partial charge < -0.3 is 22.2 Å². The van der Waals surface area contributed by atoms with Gasteiger partial charge in [-0.15, -0.1) is 0 Å². The highest BCUT2D eigenvalue weighted by atomic mass is 16.1.